The van der Waals surface area contributed by atoms with Crippen molar-refractivity contribution in [2.24, 2.45) is 5.92 Å². The normalized spacial score (nSPS) is 21.1. The molecule has 1 aliphatic heterocycles. The summed E-state index contributed by atoms with van der Waals surface area (Å²) in [5.41, 5.74) is 1.27. The number of thiophene rings is 1. The Morgan fingerprint density at radius 3 is 3.09 bits per heavy atom. The molecule has 1 amide bonds. The van der Waals surface area contributed by atoms with Gasteiger partial charge in [-0.3, -0.25) is 14.4 Å². The van der Waals surface area contributed by atoms with Crippen LogP contribution in [0.5, 0.6) is 0 Å². The SMILES string of the molecule is O=C(NCC[C@H]1CN(Cc2cccs2)Cc2ccnn21)C1CC1. The molecule has 2 aromatic rings. The molecule has 0 saturated heterocycles. The summed E-state index contributed by atoms with van der Waals surface area (Å²) in [5.74, 6) is 0.522. The molecule has 5 nitrogen and oxygen atoms in total. The van der Waals surface area contributed by atoms with Gasteiger partial charge < -0.3 is 5.32 Å². The van der Waals surface area contributed by atoms with Crippen molar-refractivity contribution in [1.29, 1.82) is 0 Å². The van der Waals surface area contributed by atoms with Gasteiger partial charge in [0.1, 0.15) is 0 Å². The van der Waals surface area contributed by atoms with E-state index in [-0.39, 0.29) is 11.8 Å². The van der Waals surface area contributed by atoms with Crippen LogP contribution in [0, 0.1) is 5.92 Å². The number of amides is 1. The van der Waals surface area contributed by atoms with Crippen molar-refractivity contribution in [3.8, 4) is 0 Å². The lowest BCUT2D eigenvalue weighted by Crippen LogP contribution is -2.39. The van der Waals surface area contributed by atoms with Crippen molar-refractivity contribution in [1.82, 2.24) is 20.0 Å². The second kappa shape index (κ2) is 6.45. The first-order valence-electron chi connectivity index (χ1n) is 8.34. The largest absolute Gasteiger partial charge is 0.356 e. The van der Waals surface area contributed by atoms with Crippen LogP contribution in [0.3, 0.4) is 0 Å². The molecule has 122 valence electrons. The van der Waals surface area contributed by atoms with Gasteiger partial charge in [0.2, 0.25) is 5.91 Å². The first kappa shape index (κ1) is 14.9. The van der Waals surface area contributed by atoms with E-state index in [0.29, 0.717) is 6.04 Å². The Morgan fingerprint density at radius 2 is 2.30 bits per heavy atom. The molecule has 2 aromatic heterocycles. The minimum Gasteiger partial charge on any atom is -0.356 e. The van der Waals surface area contributed by atoms with Crippen LogP contribution >= 0.6 is 11.3 Å². The lowest BCUT2D eigenvalue weighted by atomic mass is 10.1. The Balaban J connectivity index is 1.37. The summed E-state index contributed by atoms with van der Waals surface area (Å²) in [5, 5.41) is 9.71. The Morgan fingerprint density at radius 1 is 1.39 bits per heavy atom. The summed E-state index contributed by atoms with van der Waals surface area (Å²) in [4.78, 5) is 15.7. The minimum atomic E-state index is 0.233. The van der Waals surface area contributed by atoms with Gasteiger partial charge in [-0.1, -0.05) is 6.07 Å². The Hall–Kier alpha value is -1.66. The smallest absolute Gasteiger partial charge is 0.223 e. The average molecular weight is 330 g/mol. The zero-order chi connectivity index (χ0) is 15.6. The van der Waals surface area contributed by atoms with Crippen LogP contribution in [0.15, 0.2) is 29.8 Å². The number of hydrogen-bond donors (Lipinski definition) is 1. The summed E-state index contributed by atoms with van der Waals surface area (Å²) in [6.07, 6.45) is 4.95. The van der Waals surface area contributed by atoms with Crippen LogP contribution in [-0.4, -0.2) is 33.7 Å². The Labute approximate surface area is 140 Å². The fourth-order valence-corrected chi connectivity index (χ4v) is 4.02. The minimum absolute atomic E-state index is 0.233. The van der Waals surface area contributed by atoms with Gasteiger partial charge in [0.15, 0.2) is 0 Å². The topological polar surface area (TPSA) is 50.2 Å². The first-order valence-corrected chi connectivity index (χ1v) is 9.22. The molecule has 4 rings (SSSR count). The van der Waals surface area contributed by atoms with Crippen molar-refractivity contribution in [3.63, 3.8) is 0 Å². The van der Waals surface area contributed by atoms with Crippen molar-refractivity contribution in [3.05, 3.63) is 40.3 Å². The zero-order valence-electron chi connectivity index (χ0n) is 13.1. The van der Waals surface area contributed by atoms with Gasteiger partial charge in [0.05, 0.1) is 11.7 Å². The summed E-state index contributed by atoms with van der Waals surface area (Å²) < 4.78 is 2.15. The molecule has 1 fully saturated rings. The van der Waals surface area contributed by atoms with E-state index in [1.54, 1.807) is 0 Å². The number of aromatic nitrogens is 2. The molecule has 0 bridgehead atoms. The van der Waals surface area contributed by atoms with E-state index >= 15 is 0 Å². The van der Waals surface area contributed by atoms with Crippen LogP contribution in [0.4, 0.5) is 0 Å². The highest BCUT2D eigenvalue weighted by molar-refractivity contribution is 7.09. The van der Waals surface area contributed by atoms with Gasteiger partial charge in [0, 0.05) is 43.2 Å². The quantitative estimate of drug-likeness (QED) is 0.885. The molecule has 6 heteroatoms. The third-order valence-electron chi connectivity index (χ3n) is 4.64. The number of nitrogens with one attached hydrogen (secondary N) is 1. The fraction of sp³-hybridized carbons (Fsp3) is 0.529. The molecule has 1 atom stereocenters. The highest BCUT2D eigenvalue weighted by atomic mass is 32.1. The number of rotatable bonds is 6. The van der Waals surface area contributed by atoms with E-state index in [2.05, 4.69) is 43.6 Å². The van der Waals surface area contributed by atoms with Gasteiger partial charge in [0.25, 0.3) is 0 Å². The summed E-state index contributed by atoms with van der Waals surface area (Å²) in [6, 6.07) is 6.75. The van der Waals surface area contributed by atoms with Gasteiger partial charge in [-0.15, -0.1) is 11.3 Å². The molecule has 0 aromatic carbocycles. The summed E-state index contributed by atoms with van der Waals surface area (Å²) in [7, 11) is 0. The lowest BCUT2D eigenvalue weighted by Gasteiger charge is -2.33. The highest BCUT2D eigenvalue weighted by Gasteiger charge is 2.30. The van der Waals surface area contributed by atoms with Gasteiger partial charge in [-0.2, -0.15) is 5.10 Å². The van der Waals surface area contributed by atoms with E-state index in [4.69, 9.17) is 0 Å². The molecule has 0 spiro atoms. The molecule has 2 aliphatic rings. The number of carbonyl (C=O) groups is 1. The van der Waals surface area contributed by atoms with Crippen molar-refractivity contribution in [2.75, 3.05) is 13.1 Å². The standard InChI is InChI=1S/C17H22N4OS/c22-17(13-3-4-13)18-7-5-14-10-20(12-16-2-1-9-23-16)11-15-6-8-19-21(14)15/h1-2,6,8-9,13-14H,3-5,7,10-12H2,(H,18,22)/t14-/m0/s1. The van der Waals surface area contributed by atoms with Crippen LogP contribution in [0.2, 0.25) is 0 Å². The van der Waals surface area contributed by atoms with Crippen molar-refractivity contribution in [2.45, 2.75) is 38.4 Å². The predicted molar refractivity (Wildman–Crippen MR) is 90.0 cm³/mol. The second-order valence-electron chi connectivity index (χ2n) is 6.52. The van der Waals surface area contributed by atoms with Crippen LogP contribution in [-0.2, 0) is 17.9 Å². The van der Waals surface area contributed by atoms with E-state index in [1.165, 1.54) is 10.6 Å². The molecule has 1 aliphatic carbocycles. The van der Waals surface area contributed by atoms with Crippen LogP contribution < -0.4 is 5.32 Å². The van der Waals surface area contributed by atoms with Gasteiger partial charge in [-0.05, 0) is 36.8 Å². The van der Waals surface area contributed by atoms with E-state index in [9.17, 15) is 4.79 Å². The molecular formula is C17H22N4OS. The van der Waals surface area contributed by atoms with Crippen LogP contribution in [0.1, 0.15) is 35.9 Å². The monoisotopic (exact) mass is 330 g/mol. The summed E-state index contributed by atoms with van der Waals surface area (Å²) >= 11 is 1.81. The lowest BCUT2D eigenvalue weighted by molar-refractivity contribution is -0.122. The number of nitrogens with zero attached hydrogens (tertiary/aromatic N) is 3. The maximum Gasteiger partial charge on any atom is 0.223 e. The molecule has 0 unspecified atom stereocenters. The number of hydrogen-bond acceptors (Lipinski definition) is 4. The molecule has 1 N–H and O–H groups in total. The maximum absolute atomic E-state index is 11.8. The van der Waals surface area contributed by atoms with Gasteiger partial charge >= 0.3 is 0 Å². The highest BCUT2D eigenvalue weighted by Crippen LogP contribution is 2.29. The summed E-state index contributed by atoms with van der Waals surface area (Å²) in [6.45, 7) is 3.68. The third-order valence-corrected chi connectivity index (χ3v) is 5.50. The number of carbonyl (C=O) groups excluding carboxylic acids is 1. The second-order valence-corrected chi connectivity index (χ2v) is 7.56. The van der Waals surface area contributed by atoms with Crippen molar-refractivity contribution < 1.29 is 4.79 Å². The van der Waals surface area contributed by atoms with Crippen LogP contribution in [0.25, 0.3) is 0 Å². The molecular weight excluding hydrogens is 308 g/mol. The fourth-order valence-electron chi connectivity index (χ4n) is 3.27. The van der Waals surface area contributed by atoms with E-state index in [0.717, 1.165) is 45.4 Å². The molecule has 3 heterocycles. The Kier molecular flexibility index (Phi) is 4.18. The van der Waals surface area contributed by atoms with E-state index in [1.807, 2.05) is 17.5 Å². The van der Waals surface area contributed by atoms with E-state index < -0.39 is 0 Å². The molecule has 1 saturated carbocycles. The number of fused-ring (bicyclic) bond motifs is 1. The Bertz CT molecular complexity index is 662. The maximum atomic E-state index is 11.8. The first-order chi connectivity index (χ1) is 11.3. The predicted octanol–water partition coefficient (Wildman–Crippen LogP) is 2.42. The van der Waals surface area contributed by atoms with Gasteiger partial charge in [-0.25, -0.2) is 0 Å². The average Bonchev–Trinajstić information content (AvgIpc) is 3.07. The third kappa shape index (κ3) is 3.48. The molecule has 0 radical (unpaired) electrons. The molecule has 23 heavy (non-hydrogen) atoms. The zero-order valence-corrected chi connectivity index (χ0v) is 14.0. The van der Waals surface area contributed by atoms with Crippen molar-refractivity contribution >= 4 is 17.2 Å².